The van der Waals surface area contributed by atoms with Gasteiger partial charge in [0.1, 0.15) is 0 Å². The van der Waals surface area contributed by atoms with Crippen LogP contribution in [0.15, 0.2) is 12.2 Å². The molecule has 1 amide bonds. The van der Waals surface area contributed by atoms with E-state index in [1.165, 1.54) is 6.42 Å². The van der Waals surface area contributed by atoms with Crippen molar-refractivity contribution in [1.29, 1.82) is 0 Å². The molecule has 0 aliphatic carbocycles. The van der Waals surface area contributed by atoms with Gasteiger partial charge in [0.05, 0.1) is 0 Å². The molecule has 0 aromatic rings. The third-order valence-corrected chi connectivity index (χ3v) is 2.70. The van der Waals surface area contributed by atoms with Crippen molar-refractivity contribution in [3.05, 3.63) is 12.2 Å². The lowest BCUT2D eigenvalue weighted by molar-refractivity contribution is -0.127. The SMILES string of the molecule is CC1CCCN(C(=O)/C=C/CN(C)C)C1. The van der Waals surface area contributed by atoms with Gasteiger partial charge < -0.3 is 9.80 Å². The minimum absolute atomic E-state index is 0.170. The molecule has 1 fully saturated rings. The van der Waals surface area contributed by atoms with Crippen molar-refractivity contribution in [1.82, 2.24) is 9.80 Å². The smallest absolute Gasteiger partial charge is 0.246 e. The van der Waals surface area contributed by atoms with Gasteiger partial charge in [0, 0.05) is 25.7 Å². The maximum absolute atomic E-state index is 11.7. The first-order valence-corrected chi connectivity index (χ1v) is 5.69. The van der Waals surface area contributed by atoms with Crippen LogP contribution in [0.25, 0.3) is 0 Å². The van der Waals surface area contributed by atoms with Crippen molar-refractivity contribution >= 4 is 5.91 Å². The molecule has 0 aromatic carbocycles. The summed E-state index contributed by atoms with van der Waals surface area (Å²) in [7, 11) is 4.00. The fraction of sp³-hybridized carbons (Fsp3) is 0.750. The first-order chi connectivity index (χ1) is 7.09. The molecule has 1 rings (SSSR count). The highest BCUT2D eigenvalue weighted by Gasteiger charge is 2.18. The number of nitrogens with zero attached hydrogens (tertiary/aromatic N) is 2. The fourth-order valence-corrected chi connectivity index (χ4v) is 1.86. The van der Waals surface area contributed by atoms with Crippen LogP contribution in [-0.2, 0) is 4.79 Å². The minimum atomic E-state index is 0.170. The quantitative estimate of drug-likeness (QED) is 0.657. The molecule has 1 unspecified atom stereocenters. The first kappa shape index (κ1) is 12.2. The van der Waals surface area contributed by atoms with Gasteiger partial charge in [0.25, 0.3) is 0 Å². The van der Waals surface area contributed by atoms with Crippen molar-refractivity contribution < 1.29 is 4.79 Å². The lowest BCUT2D eigenvalue weighted by Crippen LogP contribution is -2.38. The Bertz CT molecular complexity index is 236. The number of hydrogen-bond acceptors (Lipinski definition) is 2. The molecule has 1 heterocycles. The second kappa shape index (κ2) is 5.91. The van der Waals surface area contributed by atoms with Crippen LogP contribution in [0, 0.1) is 5.92 Å². The van der Waals surface area contributed by atoms with E-state index in [0.29, 0.717) is 5.92 Å². The zero-order chi connectivity index (χ0) is 11.3. The second-order valence-corrected chi connectivity index (χ2v) is 4.70. The average molecular weight is 210 g/mol. The second-order valence-electron chi connectivity index (χ2n) is 4.70. The topological polar surface area (TPSA) is 23.6 Å². The number of hydrogen-bond donors (Lipinski definition) is 0. The number of piperidine rings is 1. The predicted molar refractivity (Wildman–Crippen MR) is 62.7 cm³/mol. The van der Waals surface area contributed by atoms with E-state index in [2.05, 4.69) is 6.92 Å². The molecule has 1 aliphatic heterocycles. The van der Waals surface area contributed by atoms with Gasteiger partial charge >= 0.3 is 0 Å². The summed E-state index contributed by atoms with van der Waals surface area (Å²) in [5, 5.41) is 0. The number of carbonyl (C=O) groups excluding carboxylic acids is 1. The van der Waals surface area contributed by atoms with Crippen molar-refractivity contribution in [2.24, 2.45) is 5.92 Å². The van der Waals surface area contributed by atoms with Gasteiger partial charge in [0.15, 0.2) is 0 Å². The number of likely N-dealkylation sites (tertiary alicyclic amines) is 1. The van der Waals surface area contributed by atoms with E-state index in [1.54, 1.807) is 6.08 Å². The summed E-state index contributed by atoms with van der Waals surface area (Å²) in [6, 6.07) is 0. The number of rotatable bonds is 3. The van der Waals surface area contributed by atoms with E-state index in [1.807, 2.05) is 30.0 Å². The Hall–Kier alpha value is -0.830. The minimum Gasteiger partial charge on any atom is -0.339 e. The van der Waals surface area contributed by atoms with Crippen molar-refractivity contribution in [2.75, 3.05) is 33.7 Å². The fourth-order valence-electron chi connectivity index (χ4n) is 1.86. The summed E-state index contributed by atoms with van der Waals surface area (Å²) < 4.78 is 0. The van der Waals surface area contributed by atoms with E-state index < -0.39 is 0 Å². The van der Waals surface area contributed by atoms with Crippen LogP contribution >= 0.6 is 0 Å². The Morgan fingerprint density at radius 2 is 2.27 bits per heavy atom. The molecule has 15 heavy (non-hydrogen) atoms. The highest BCUT2D eigenvalue weighted by atomic mass is 16.2. The maximum atomic E-state index is 11.7. The van der Waals surface area contributed by atoms with Gasteiger partial charge in [-0.15, -0.1) is 0 Å². The van der Waals surface area contributed by atoms with E-state index in [-0.39, 0.29) is 5.91 Å². The Morgan fingerprint density at radius 3 is 2.87 bits per heavy atom. The molecule has 3 heteroatoms. The summed E-state index contributed by atoms with van der Waals surface area (Å²) in [5.41, 5.74) is 0. The summed E-state index contributed by atoms with van der Waals surface area (Å²) in [5.74, 6) is 0.827. The molecule has 0 spiro atoms. The van der Waals surface area contributed by atoms with Crippen LogP contribution in [0.2, 0.25) is 0 Å². The van der Waals surface area contributed by atoms with E-state index in [9.17, 15) is 4.79 Å². The molecule has 0 bridgehead atoms. The van der Waals surface area contributed by atoms with E-state index in [0.717, 1.165) is 26.1 Å². The molecule has 1 saturated heterocycles. The first-order valence-electron chi connectivity index (χ1n) is 5.69. The molecule has 1 aliphatic rings. The Balaban J connectivity index is 2.35. The standard InChI is InChI=1S/C12H22N2O/c1-11-6-4-9-14(10-11)12(15)7-5-8-13(2)3/h5,7,11H,4,6,8-10H2,1-3H3/b7-5+. The van der Waals surface area contributed by atoms with Gasteiger partial charge in [-0.2, -0.15) is 0 Å². The monoisotopic (exact) mass is 210 g/mol. The van der Waals surface area contributed by atoms with Crippen LogP contribution in [0.4, 0.5) is 0 Å². The number of likely N-dealkylation sites (N-methyl/N-ethyl adjacent to an activating group) is 1. The van der Waals surface area contributed by atoms with Gasteiger partial charge in [-0.1, -0.05) is 13.0 Å². The normalized spacial score (nSPS) is 22.7. The van der Waals surface area contributed by atoms with Gasteiger partial charge in [-0.25, -0.2) is 0 Å². The molecular formula is C12H22N2O. The summed E-state index contributed by atoms with van der Waals surface area (Å²) >= 11 is 0. The summed E-state index contributed by atoms with van der Waals surface area (Å²) in [6.45, 7) is 4.89. The molecule has 86 valence electrons. The van der Waals surface area contributed by atoms with Gasteiger partial charge in [0.2, 0.25) is 5.91 Å². The van der Waals surface area contributed by atoms with Gasteiger partial charge in [-0.05, 0) is 32.9 Å². The molecule has 0 aromatic heterocycles. The van der Waals surface area contributed by atoms with Crippen LogP contribution in [0.5, 0.6) is 0 Å². The highest BCUT2D eigenvalue weighted by Crippen LogP contribution is 2.15. The lowest BCUT2D eigenvalue weighted by atomic mass is 10.0. The van der Waals surface area contributed by atoms with Gasteiger partial charge in [-0.3, -0.25) is 4.79 Å². The van der Waals surface area contributed by atoms with E-state index >= 15 is 0 Å². The zero-order valence-electron chi connectivity index (χ0n) is 10.1. The number of amides is 1. The largest absolute Gasteiger partial charge is 0.339 e. The van der Waals surface area contributed by atoms with Crippen LogP contribution < -0.4 is 0 Å². The Kier molecular flexibility index (Phi) is 4.82. The molecular weight excluding hydrogens is 188 g/mol. The Labute approximate surface area is 92.7 Å². The maximum Gasteiger partial charge on any atom is 0.246 e. The third kappa shape index (κ3) is 4.47. The third-order valence-electron chi connectivity index (χ3n) is 2.70. The molecule has 0 saturated carbocycles. The van der Waals surface area contributed by atoms with Crippen molar-refractivity contribution in [2.45, 2.75) is 19.8 Å². The molecule has 0 radical (unpaired) electrons. The zero-order valence-corrected chi connectivity index (χ0v) is 10.1. The molecule has 3 nitrogen and oxygen atoms in total. The molecule has 1 atom stereocenters. The predicted octanol–water partition coefficient (Wildman–Crippen LogP) is 1.36. The van der Waals surface area contributed by atoms with Crippen molar-refractivity contribution in [3.8, 4) is 0 Å². The summed E-state index contributed by atoms with van der Waals surface area (Å²) in [6.07, 6.45) is 6.04. The van der Waals surface area contributed by atoms with Crippen LogP contribution in [-0.4, -0.2) is 49.4 Å². The van der Waals surface area contributed by atoms with Crippen LogP contribution in [0.3, 0.4) is 0 Å². The van der Waals surface area contributed by atoms with Crippen molar-refractivity contribution in [3.63, 3.8) is 0 Å². The highest BCUT2D eigenvalue weighted by molar-refractivity contribution is 5.87. The Morgan fingerprint density at radius 1 is 1.53 bits per heavy atom. The lowest BCUT2D eigenvalue weighted by Gasteiger charge is -2.30. The average Bonchev–Trinajstić information content (AvgIpc) is 2.17. The molecule has 0 N–H and O–H groups in total. The number of carbonyl (C=O) groups is 1. The van der Waals surface area contributed by atoms with E-state index in [4.69, 9.17) is 0 Å². The summed E-state index contributed by atoms with van der Waals surface area (Å²) in [4.78, 5) is 15.7. The van der Waals surface area contributed by atoms with Crippen LogP contribution in [0.1, 0.15) is 19.8 Å².